The molecule has 0 saturated carbocycles. The lowest BCUT2D eigenvalue weighted by molar-refractivity contribution is -0.0767. The first-order chi connectivity index (χ1) is 10.5. The number of hydrogen-bond acceptors (Lipinski definition) is 4. The van der Waals surface area contributed by atoms with E-state index in [4.69, 9.17) is 11.6 Å². The molecule has 0 fully saturated rings. The van der Waals surface area contributed by atoms with Gasteiger partial charge < -0.3 is 5.11 Å². The van der Waals surface area contributed by atoms with Crippen molar-refractivity contribution < 1.29 is 9.90 Å². The molecule has 0 radical (unpaired) electrons. The van der Waals surface area contributed by atoms with Crippen LogP contribution in [0.15, 0.2) is 53.9 Å². The van der Waals surface area contributed by atoms with Crippen LogP contribution >= 0.6 is 11.6 Å². The van der Waals surface area contributed by atoms with Crippen LogP contribution in [0.4, 0.5) is 0 Å². The van der Waals surface area contributed by atoms with Gasteiger partial charge in [-0.15, -0.1) is 0 Å². The lowest BCUT2D eigenvalue weighted by Crippen LogP contribution is -2.43. The van der Waals surface area contributed by atoms with Crippen LogP contribution in [0.3, 0.4) is 0 Å². The number of carbonyl (C=O) groups is 1. The largest absolute Gasteiger partial charge is 0.365 e. The molecule has 112 valence electrons. The van der Waals surface area contributed by atoms with E-state index in [1.807, 2.05) is 0 Å². The average Bonchev–Trinajstić information content (AvgIpc) is 2.83. The molecule has 0 spiro atoms. The Hall–Kier alpha value is -2.24. The van der Waals surface area contributed by atoms with E-state index in [0.29, 0.717) is 21.9 Å². The van der Waals surface area contributed by atoms with Crippen LogP contribution in [-0.4, -0.2) is 26.7 Å². The highest BCUT2D eigenvalue weighted by Crippen LogP contribution is 2.36. The molecule has 3 rings (SSSR count). The molecule has 1 N–H and O–H groups in total. The summed E-state index contributed by atoms with van der Waals surface area (Å²) in [5.74, 6) is -0.411. The Kier molecular flexibility index (Phi) is 3.68. The first-order valence-electron chi connectivity index (χ1n) is 6.78. The number of rotatable bonds is 2. The number of pyridine rings is 1. The van der Waals surface area contributed by atoms with E-state index >= 15 is 0 Å². The molecule has 0 unspecified atom stereocenters. The highest BCUT2D eigenvalue weighted by Gasteiger charge is 2.45. The van der Waals surface area contributed by atoms with Crippen molar-refractivity contribution in [2.24, 2.45) is 5.10 Å². The van der Waals surface area contributed by atoms with Crippen molar-refractivity contribution in [3.63, 3.8) is 0 Å². The Morgan fingerprint density at radius 2 is 2.18 bits per heavy atom. The van der Waals surface area contributed by atoms with Crippen LogP contribution in [0.5, 0.6) is 0 Å². The van der Waals surface area contributed by atoms with Crippen molar-refractivity contribution in [2.75, 3.05) is 0 Å². The molecule has 2 heterocycles. The van der Waals surface area contributed by atoms with Gasteiger partial charge in [-0.2, -0.15) is 10.1 Å². The van der Waals surface area contributed by atoms with Crippen molar-refractivity contribution in [3.8, 4) is 0 Å². The van der Waals surface area contributed by atoms with Gasteiger partial charge >= 0.3 is 0 Å². The van der Waals surface area contributed by atoms with Crippen molar-refractivity contribution in [1.29, 1.82) is 0 Å². The first-order valence-corrected chi connectivity index (χ1v) is 7.15. The van der Waals surface area contributed by atoms with E-state index in [1.165, 1.54) is 6.20 Å². The fraction of sp³-hybridized carbons (Fsp3) is 0.188. The van der Waals surface area contributed by atoms with Crippen molar-refractivity contribution in [2.45, 2.75) is 19.1 Å². The van der Waals surface area contributed by atoms with Crippen LogP contribution in [-0.2, 0) is 5.72 Å². The van der Waals surface area contributed by atoms with Gasteiger partial charge in [0.2, 0.25) is 0 Å². The van der Waals surface area contributed by atoms with Crippen molar-refractivity contribution in [3.05, 3.63) is 64.9 Å². The number of hydrazone groups is 1. The molecule has 1 aliphatic heterocycles. The molecular weight excluding hydrogens is 302 g/mol. The van der Waals surface area contributed by atoms with Gasteiger partial charge in [-0.1, -0.05) is 23.7 Å². The minimum absolute atomic E-state index is 0.241. The summed E-state index contributed by atoms with van der Waals surface area (Å²) < 4.78 is 0. The summed E-state index contributed by atoms with van der Waals surface area (Å²) >= 11 is 5.93. The zero-order chi connectivity index (χ0) is 15.7. The number of benzene rings is 1. The summed E-state index contributed by atoms with van der Waals surface area (Å²) in [6.45, 7) is 1.77. The second-order valence-electron chi connectivity index (χ2n) is 5.20. The van der Waals surface area contributed by atoms with Crippen molar-refractivity contribution in [1.82, 2.24) is 9.99 Å². The number of hydrogen-bond donors (Lipinski definition) is 1. The number of aromatic nitrogens is 1. The first kappa shape index (κ1) is 14.7. The van der Waals surface area contributed by atoms with Crippen LogP contribution < -0.4 is 0 Å². The number of halogens is 1. The fourth-order valence-corrected chi connectivity index (χ4v) is 2.69. The quantitative estimate of drug-likeness (QED) is 0.926. The highest BCUT2D eigenvalue weighted by atomic mass is 35.5. The van der Waals surface area contributed by atoms with E-state index in [1.54, 1.807) is 49.5 Å². The Morgan fingerprint density at radius 1 is 1.36 bits per heavy atom. The van der Waals surface area contributed by atoms with E-state index < -0.39 is 11.6 Å². The number of aliphatic hydroxyl groups is 1. The summed E-state index contributed by atoms with van der Waals surface area (Å²) in [4.78, 5) is 16.7. The second kappa shape index (κ2) is 5.51. The van der Waals surface area contributed by atoms with Gasteiger partial charge in [-0.3, -0.25) is 9.78 Å². The summed E-state index contributed by atoms with van der Waals surface area (Å²) in [7, 11) is 0. The zero-order valence-electron chi connectivity index (χ0n) is 11.9. The molecule has 1 aromatic heterocycles. The Labute approximate surface area is 132 Å². The van der Waals surface area contributed by atoms with Gasteiger partial charge in [0, 0.05) is 40.7 Å². The van der Waals surface area contributed by atoms with E-state index in [0.717, 1.165) is 5.01 Å². The third kappa shape index (κ3) is 2.49. The third-order valence-electron chi connectivity index (χ3n) is 3.51. The summed E-state index contributed by atoms with van der Waals surface area (Å²) in [5, 5.41) is 16.8. The lowest BCUT2D eigenvalue weighted by Gasteiger charge is -2.31. The fourth-order valence-electron chi connectivity index (χ4n) is 2.50. The molecule has 0 saturated heterocycles. The normalized spacial score (nSPS) is 20.9. The standard InChI is InChI=1S/C16H14ClN3O2/c1-11-9-16(22,13-5-3-7-18-10-13)20(19-11)15(21)12-4-2-6-14(17)8-12/h2-8,10,22H,9H2,1H3/t16-/m1/s1. The van der Waals surface area contributed by atoms with Gasteiger partial charge in [0.25, 0.3) is 5.91 Å². The maximum absolute atomic E-state index is 12.7. The van der Waals surface area contributed by atoms with E-state index in [2.05, 4.69) is 10.1 Å². The van der Waals surface area contributed by atoms with E-state index in [9.17, 15) is 9.90 Å². The SMILES string of the molecule is CC1=NN(C(=O)c2cccc(Cl)c2)[C@](O)(c2cccnc2)C1. The lowest BCUT2D eigenvalue weighted by atomic mass is 9.99. The smallest absolute Gasteiger partial charge is 0.276 e. The summed E-state index contributed by atoms with van der Waals surface area (Å²) in [6, 6.07) is 10.00. The number of amides is 1. The van der Waals surface area contributed by atoms with Gasteiger partial charge in [-0.25, -0.2) is 0 Å². The number of nitrogens with zero attached hydrogens (tertiary/aromatic N) is 3. The molecular formula is C16H14ClN3O2. The molecule has 0 aliphatic carbocycles. The minimum Gasteiger partial charge on any atom is -0.365 e. The topological polar surface area (TPSA) is 65.8 Å². The molecule has 22 heavy (non-hydrogen) atoms. The Bertz CT molecular complexity index is 748. The molecule has 0 bridgehead atoms. The average molecular weight is 316 g/mol. The van der Waals surface area contributed by atoms with Crippen molar-refractivity contribution >= 4 is 23.2 Å². The van der Waals surface area contributed by atoms with Gasteiger partial charge in [0.15, 0.2) is 5.72 Å². The summed E-state index contributed by atoms with van der Waals surface area (Å²) in [6.07, 6.45) is 3.38. The molecule has 1 atom stereocenters. The molecule has 1 amide bonds. The van der Waals surface area contributed by atoms with Gasteiger partial charge in [-0.05, 0) is 31.2 Å². The van der Waals surface area contributed by atoms with E-state index in [-0.39, 0.29) is 6.42 Å². The van der Waals surface area contributed by atoms with Gasteiger partial charge in [0.1, 0.15) is 0 Å². The molecule has 1 aliphatic rings. The Morgan fingerprint density at radius 3 is 2.86 bits per heavy atom. The molecule has 1 aromatic carbocycles. The monoisotopic (exact) mass is 315 g/mol. The predicted octanol–water partition coefficient (Wildman–Crippen LogP) is 2.80. The van der Waals surface area contributed by atoms with Crippen LogP contribution in [0.1, 0.15) is 29.3 Å². The maximum atomic E-state index is 12.7. The van der Waals surface area contributed by atoms with Crippen LogP contribution in [0.2, 0.25) is 5.02 Å². The molecule has 2 aromatic rings. The minimum atomic E-state index is -1.53. The van der Waals surface area contributed by atoms with Crippen LogP contribution in [0.25, 0.3) is 0 Å². The summed E-state index contributed by atoms with van der Waals surface area (Å²) in [5.41, 5.74) is 0.0264. The second-order valence-corrected chi connectivity index (χ2v) is 5.63. The highest BCUT2D eigenvalue weighted by molar-refractivity contribution is 6.31. The Balaban J connectivity index is 2.02. The van der Waals surface area contributed by atoms with Crippen LogP contribution in [0, 0.1) is 0 Å². The maximum Gasteiger partial charge on any atom is 0.276 e. The van der Waals surface area contributed by atoms with Gasteiger partial charge in [0.05, 0.1) is 0 Å². The molecule has 6 heteroatoms. The third-order valence-corrected chi connectivity index (χ3v) is 3.75. The zero-order valence-corrected chi connectivity index (χ0v) is 12.7. The number of carbonyl (C=O) groups excluding carboxylic acids is 1. The molecule has 5 nitrogen and oxygen atoms in total. The predicted molar refractivity (Wildman–Crippen MR) is 83.5 cm³/mol.